The zero-order chi connectivity index (χ0) is 14.1. The lowest BCUT2D eigenvalue weighted by molar-refractivity contribution is 0.102. The number of rotatable bonds is 2. The van der Waals surface area contributed by atoms with Crippen LogP contribution in [0.2, 0.25) is 0 Å². The van der Waals surface area contributed by atoms with Gasteiger partial charge in [0.1, 0.15) is 5.82 Å². The van der Waals surface area contributed by atoms with Gasteiger partial charge in [-0.1, -0.05) is 0 Å². The summed E-state index contributed by atoms with van der Waals surface area (Å²) in [4.78, 5) is 16.0. The van der Waals surface area contributed by atoms with E-state index in [4.69, 9.17) is 5.73 Å². The Balaban J connectivity index is 1.87. The van der Waals surface area contributed by atoms with E-state index in [1.54, 1.807) is 18.3 Å². The van der Waals surface area contributed by atoms with Crippen LogP contribution in [0.3, 0.4) is 0 Å². The van der Waals surface area contributed by atoms with Gasteiger partial charge in [-0.05, 0) is 36.4 Å². The van der Waals surface area contributed by atoms with Crippen LogP contribution in [0.1, 0.15) is 10.4 Å². The summed E-state index contributed by atoms with van der Waals surface area (Å²) in [6.45, 7) is 0. The minimum atomic E-state index is -0.417. The average Bonchev–Trinajstić information content (AvgIpc) is 2.83. The first-order chi connectivity index (χ1) is 9.63. The maximum Gasteiger partial charge on any atom is 0.258 e. The second-order valence-corrected chi connectivity index (χ2v) is 4.13. The molecule has 0 saturated carbocycles. The van der Waals surface area contributed by atoms with Crippen LogP contribution in [-0.2, 0) is 0 Å². The number of carbonyl (C=O) groups is 1. The fourth-order valence-corrected chi connectivity index (χ4v) is 1.75. The lowest BCUT2D eigenvalue weighted by Crippen LogP contribution is -2.13. The molecule has 3 rings (SSSR count). The highest BCUT2D eigenvalue weighted by Gasteiger charge is 2.11. The molecule has 0 unspecified atom stereocenters. The van der Waals surface area contributed by atoms with Gasteiger partial charge in [-0.15, -0.1) is 5.10 Å². The summed E-state index contributed by atoms with van der Waals surface area (Å²) in [6, 6.07) is 8.61. The van der Waals surface area contributed by atoms with Crippen molar-refractivity contribution >= 4 is 23.2 Å². The molecular formula is C13H10FN5O. The molecule has 0 aliphatic heterocycles. The van der Waals surface area contributed by atoms with Crippen LogP contribution in [-0.4, -0.2) is 20.5 Å². The zero-order valence-electron chi connectivity index (χ0n) is 10.2. The number of fused-ring (bicyclic) bond motifs is 1. The normalized spacial score (nSPS) is 10.7. The van der Waals surface area contributed by atoms with Gasteiger partial charge in [0, 0.05) is 11.8 Å². The smallest absolute Gasteiger partial charge is 0.258 e. The molecule has 2 aromatic heterocycles. The molecule has 1 aromatic carbocycles. The Bertz CT molecular complexity index is 781. The number of carbonyl (C=O) groups excluding carboxylic acids is 1. The summed E-state index contributed by atoms with van der Waals surface area (Å²) in [5.41, 5.74) is 6.99. The number of aromatic nitrogens is 3. The lowest BCUT2D eigenvalue weighted by Gasteiger charge is -2.00. The molecule has 20 heavy (non-hydrogen) atoms. The van der Waals surface area contributed by atoms with Crippen molar-refractivity contribution in [2.24, 2.45) is 0 Å². The summed E-state index contributed by atoms with van der Waals surface area (Å²) in [6.07, 6.45) is 1.67. The van der Waals surface area contributed by atoms with Crippen molar-refractivity contribution < 1.29 is 9.18 Å². The van der Waals surface area contributed by atoms with Crippen LogP contribution in [0.15, 0.2) is 42.6 Å². The molecule has 3 N–H and O–H groups in total. The largest absolute Gasteiger partial charge is 0.396 e. The predicted octanol–water partition coefficient (Wildman–Crippen LogP) is 1.70. The highest BCUT2D eigenvalue weighted by atomic mass is 19.1. The van der Waals surface area contributed by atoms with Crippen molar-refractivity contribution in [1.82, 2.24) is 14.6 Å². The van der Waals surface area contributed by atoms with E-state index in [0.29, 0.717) is 16.9 Å². The molecule has 7 heteroatoms. The molecule has 3 aromatic rings. The molecule has 0 bridgehead atoms. The zero-order valence-corrected chi connectivity index (χ0v) is 10.2. The third-order valence-corrected chi connectivity index (χ3v) is 2.72. The summed E-state index contributed by atoms with van der Waals surface area (Å²) in [5, 5.41) is 6.61. The van der Waals surface area contributed by atoms with E-state index in [-0.39, 0.29) is 5.95 Å². The number of benzene rings is 1. The summed E-state index contributed by atoms with van der Waals surface area (Å²) < 4.78 is 14.3. The first-order valence-electron chi connectivity index (χ1n) is 5.81. The molecule has 6 nitrogen and oxygen atoms in total. The maximum atomic E-state index is 12.8. The predicted molar refractivity (Wildman–Crippen MR) is 71.8 cm³/mol. The Morgan fingerprint density at radius 3 is 2.70 bits per heavy atom. The fraction of sp³-hybridized carbons (Fsp3) is 0. The number of hydrogen-bond acceptors (Lipinski definition) is 4. The van der Waals surface area contributed by atoms with Gasteiger partial charge in [0.05, 0.1) is 5.69 Å². The van der Waals surface area contributed by atoms with Gasteiger partial charge < -0.3 is 5.73 Å². The van der Waals surface area contributed by atoms with Gasteiger partial charge in [0.15, 0.2) is 5.65 Å². The second kappa shape index (κ2) is 4.61. The van der Waals surface area contributed by atoms with Crippen LogP contribution >= 0.6 is 0 Å². The number of amides is 1. The molecule has 0 saturated heterocycles. The fourth-order valence-electron chi connectivity index (χ4n) is 1.75. The Morgan fingerprint density at radius 1 is 1.25 bits per heavy atom. The number of hydrogen-bond donors (Lipinski definition) is 2. The van der Waals surface area contributed by atoms with Gasteiger partial charge in [0.2, 0.25) is 5.95 Å². The molecule has 0 aliphatic rings. The minimum Gasteiger partial charge on any atom is -0.396 e. The topological polar surface area (TPSA) is 85.3 Å². The number of pyridine rings is 1. The first kappa shape index (κ1) is 12.1. The van der Waals surface area contributed by atoms with Crippen LogP contribution in [0.5, 0.6) is 0 Å². The van der Waals surface area contributed by atoms with Crippen molar-refractivity contribution in [1.29, 1.82) is 0 Å². The van der Waals surface area contributed by atoms with E-state index in [1.807, 2.05) is 0 Å². The third-order valence-electron chi connectivity index (χ3n) is 2.72. The monoisotopic (exact) mass is 271 g/mol. The molecule has 0 radical (unpaired) electrons. The highest BCUT2D eigenvalue weighted by molar-refractivity contribution is 6.03. The van der Waals surface area contributed by atoms with E-state index >= 15 is 0 Å². The van der Waals surface area contributed by atoms with Crippen LogP contribution in [0.4, 0.5) is 16.0 Å². The standard InChI is InChI=1S/C13H10FN5O/c14-9-5-3-8(4-6-9)12(20)17-13-16-11-10(15)2-1-7-19(11)18-13/h1-7H,15H2,(H,17,18,20). The van der Waals surface area contributed by atoms with E-state index < -0.39 is 11.7 Å². The van der Waals surface area contributed by atoms with Crippen LogP contribution in [0.25, 0.3) is 5.65 Å². The summed E-state index contributed by atoms with van der Waals surface area (Å²) in [5.74, 6) is -0.683. The lowest BCUT2D eigenvalue weighted by atomic mass is 10.2. The quantitative estimate of drug-likeness (QED) is 0.743. The van der Waals surface area contributed by atoms with Crippen LogP contribution in [0, 0.1) is 5.82 Å². The molecule has 100 valence electrons. The molecule has 0 atom stereocenters. The molecule has 0 spiro atoms. The Labute approximate surface area is 113 Å². The van der Waals surface area contributed by atoms with Gasteiger partial charge in [0.25, 0.3) is 5.91 Å². The SMILES string of the molecule is Nc1cccn2nc(NC(=O)c3ccc(F)cc3)nc12. The van der Waals surface area contributed by atoms with Gasteiger partial charge in [-0.2, -0.15) is 4.98 Å². The van der Waals surface area contributed by atoms with Gasteiger partial charge >= 0.3 is 0 Å². The summed E-state index contributed by atoms with van der Waals surface area (Å²) >= 11 is 0. The number of nitrogen functional groups attached to an aromatic ring is 1. The molecular weight excluding hydrogens is 261 g/mol. The van der Waals surface area contributed by atoms with Crippen molar-refractivity contribution in [3.05, 3.63) is 54.0 Å². The van der Waals surface area contributed by atoms with Crippen molar-refractivity contribution in [3.8, 4) is 0 Å². The minimum absolute atomic E-state index is 0.136. The highest BCUT2D eigenvalue weighted by Crippen LogP contribution is 2.13. The second-order valence-electron chi connectivity index (χ2n) is 4.13. The molecule has 0 fully saturated rings. The molecule has 2 heterocycles. The van der Waals surface area contributed by atoms with Gasteiger partial charge in [-0.25, -0.2) is 8.91 Å². The Kier molecular flexibility index (Phi) is 2.79. The van der Waals surface area contributed by atoms with E-state index in [1.165, 1.54) is 28.8 Å². The van der Waals surface area contributed by atoms with E-state index in [0.717, 1.165) is 0 Å². The number of nitrogens with one attached hydrogen (secondary N) is 1. The van der Waals surface area contributed by atoms with E-state index in [9.17, 15) is 9.18 Å². The first-order valence-corrected chi connectivity index (χ1v) is 5.81. The average molecular weight is 271 g/mol. The van der Waals surface area contributed by atoms with Crippen LogP contribution < -0.4 is 11.1 Å². The molecule has 0 aliphatic carbocycles. The maximum absolute atomic E-state index is 12.8. The van der Waals surface area contributed by atoms with Crippen molar-refractivity contribution in [3.63, 3.8) is 0 Å². The Hall–Kier alpha value is -2.96. The third kappa shape index (κ3) is 2.16. The Morgan fingerprint density at radius 2 is 2.00 bits per heavy atom. The number of nitrogens with zero attached hydrogens (tertiary/aromatic N) is 3. The number of halogens is 1. The van der Waals surface area contributed by atoms with Crippen molar-refractivity contribution in [2.45, 2.75) is 0 Å². The van der Waals surface area contributed by atoms with Crippen molar-refractivity contribution in [2.75, 3.05) is 11.1 Å². The number of nitrogens with two attached hydrogens (primary N) is 1. The number of anilines is 2. The summed E-state index contributed by atoms with van der Waals surface area (Å²) in [7, 11) is 0. The molecule has 1 amide bonds. The van der Waals surface area contributed by atoms with Gasteiger partial charge in [-0.3, -0.25) is 10.1 Å². The van der Waals surface area contributed by atoms with E-state index in [2.05, 4.69) is 15.4 Å².